The van der Waals surface area contributed by atoms with Crippen molar-refractivity contribution in [3.8, 4) is 11.7 Å². The number of nitrogens with zero attached hydrogens (tertiary/aromatic N) is 3. The van der Waals surface area contributed by atoms with Gasteiger partial charge in [0.25, 0.3) is 5.89 Å². The first-order valence-corrected chi connectivity index (χ1v) is 8.97. The van der Waals surface area contributed by atoms with Crippen LogP contribution in [0.3, 0.4) is 0 Å². The van der Waals surface area contributed by atoms with Crippen LogP contribution in [0.5, 0.6) is 0 Å². The quantitative estimate of drug-likeness (QED) is 0.652. The molecule has 6 nitrogen and oxygen atoms in total. The molecule has 1 unspecified atom stereocenters. The van der Waals surface area contributed by atoms with Gasteiger partial charge >= 0.3 is 0 Å². The summed E-state index contributed by atoms with van der Waals surface area (Å²) in [6.45, 7) is 3.19. The Balaban J connectivity index is 1.46. The van der Waals surface area contributed by atoms with E-state index < -0.39 is 0 Å². The molecule has 0 amide bonds. The Bertz CT molecular complexity index is 733. The maximum atomic E-state index is 5.78. The molecule has 0 aliphatic carbocycles. The van der Waals surface area contributed by atoms with E-state index in [1.54, 1.807) is 23.7 Å². The molecule has 3 aromatic rings. The first-order valence-electron chi connectivity index (χ1n) is 8.09. The zero-order chi connectivity index (χ0) is 16.2. The van der Waals surface area contributed by atoms with Gasteiger partial charge in [0.2, 0.25) is 5.89 Å². The van der Waals surface area contributed by atoms with Gasteiger partial charge in [-0.2, -0.15) is 0 Å². The molecule has 7 heteroatoms. The van der Waals surface area contributed by atoms with E-state index in [4.69, 9.17) is 13.6 Å². The van der Waals surface area contributed by atoms with Crippen LogP contribution in [0.2, 0.25) is 0 Å². The zero-order valence-electron chi connectivity index (χ0n) is 13.3. The second-order valence-corrected chi connectivity index (χ2v) is 6.89. The lowest BCUT2D eigenvalue weighted by Gasteiger charge is -2.23. The standard InChI is InChI=1S/C17H19N3O3S/c1-4-13(21-7-1)10-20(11-14-5-3-9-24-14)12-16-18-19-17(23-16)15-6-2-8-22-15/h2-3,5-6,8-9,13H,1,4,7,10-12H2. The van der Waals surface area contributed by atoms with Crippen molar-refractivity contribution in [1.29, 1.82) is 0 Å². The number of thiophene rings is 1. The summed E-state index contributed by atoms with van der Waals surface area (Å²) in [5.41, 5.74) is 0. The van der Waals surface area contributed by atoms with Gasteiger partial charge in [-0.3, -0.25) is 4.90 Å². The monoisotopic (exact) mass is 345 g/mol. The van der Waals surface area contributed by atoms with Crippen molar-refractivity contribution in [2.24, 2.45) is 0 Å². The van der Waals surface area contributed by atoms with Crippen LogP contribution >= 0.6 is 11.3 Å². The Morgan fingerprint density at radius 3 is 2.96 bits per heavy atom. The van der Waals surface area contributed by atoms with Crippen molar-refractivity contribution in [3.63, 3.8) is 0 Å². The van der Waals surface area contributed by atoms with Crippen LogP contribution < -0.4 is 0 Å². The smallest absolute Gasteiger partial charge is 0.283 e. The number of ether oxygens (including phenoxy) is 1. The molecule has 0 N–H and O–H groups in total. The van der Waals surface area contributed by atoms with Crippen LogP contribution in [-0.4, -0.2) is 34.4 Å². The van der Waals surface area contributed by atoms with Gasteiger partial charge in [-0.15, -0.1) is 21.5 Å². The predicted molar refractivity (Wildman–Crippen MR) is 89.4 cm³/mol. The van der Waals surface area contributed by atoms with Crippen molar-refractivity contribution in [2.45, 2.75) is 32.0 Å². The summed E-state index contributed by atoms with van der Waals surface area (Å²) >= 11 is 1.76. The lowest BCUT2D eigenvalue weighted by atomic mass is 10.2. The average molecular weight is 345 g/mol. The summed E-state index contributed by atoms with van der Waals surface area (Å²) in [6, 6.07) is 7.84. The van der Waals surface area contributed by atoms with Crippen molar-refractivity contribution in [1.82, 2.24) is 15.1 Å². The molecule has 1 aliphatic heterocycles. The molecule has 126 valence electrons. The van der Waals surface area contributed by atoms with Crippen LogP contribution in [0.4, 0.5) is 0 Å². The molecule has 1 aliphatic rings. The van der Waals surface area contributed by atoms with Crippen LogP contribution in [0.15, 0.2) is 44.7 Å². The number of hydrogen-bond donors (Lipinski definition) is 0. The molecule has 0 saturated carbocycles. The van der Waals surface area contributed by atoms with E-state index in [2.05, 4.69) is 32.6 Å². The SMILES string of the molecule is c1coc(-c2nnc(CN(Cc3cccs3)CC3CCCO3)o2)c1. The van der Waals surface area contributed by atoms with Gasteiger partial charge in [0.05, 0.1) is 18.9 Å². The Labute approximate surface area is 144 Å². The molecular formula is C17H19N3O3S. The van der Waals surface area contributed by atoms with Crippen LogP contribution in [0.1, 0.15) is 23.6 Å². The normalized spacial score (nSPS) is 17.8. The van der Waals surface area contributed by atoms with Gasteiger partial charge in [-0.1, -0.05) is 6.07 Å². The highest BCUT2D eigenvalue weighted by Gasteiger charge is 2.22. The minimum atomic E-state index is 0.289. The summed E-state index contributed by atoms with van der Waals surface area (Å²) < 4.78 is 16.8. The summed E-state index contributed by atoms with van der Waals surface area (Å²) in [6.07, 6.45) is 4.14. The van der Waals surface area contributed by atoms with Crippen molar-refractivity contribution >= 4 is 11.3 Å². The third-order valence-electron chi connectivity index (χ3n) is 4.00. The van der Waals surface area contributed by atoms with Gasteiger partial charge in [-0.05, 0) is 36.4 Å². The Morgan fingerprint density at radius 2 is 2.21 bits per heavy atom. The fraction of sp³-hybridized carbons (Fsp3) is 0.412. The Kier molecular flexibility index (Phi) is 4.73. The van der Waals surface area contributed by atoms with Gasteiger partial charge < -0.3 is 13.6 Å². The molecule has 3 aromatic heterocycles. The first-order chi connectivity index (χ1) is 11.9. The van der Waals surface area contributed by atoms with Gasteiger partial charge in [0, 0.05) is 24.6 Å². The van der Waals surface area contributed by atoms with Gasteiger partial charge in [0.1, 0.15) is 0 Å². The second kappa shape index (κ2) is 7.29. The van der Waals surface area contributed by atoms with E-state index in [-0.39, 0.29) is 6.10 Å². The average Bonchev–Trinajstić information content (AvgIpc) is 3.37. The van der Waals surface area contributed by atoms with E-state index in [9.17, 15) is 0 Å². The summed E-state index contributed by atoms with van der Waals surface area (Å²) in [5.74, 6) is 1.61. The minimum absolute atomic E-state index is 0.289. The van der Waals surface area contributed by atoms with Crippen molar-refractivity contribution in [2.75, 3.05) is 13.2 Å². The molecule has 1 atom stereocenters. The highest BCUT2D eigenvalue weighted by molar-refractivity contribution is 7.09. The third-order valence-corrected chi connectivity index (χ3v) is 4.86. The summed E-state index contributed by atoms with van der Waals surface area (Å²) in [4.78, 5) is 3.63. The molecule has 4 rings (SSSR count). The fourth-order valence-corrected chi connectivity index (χ4v) is 3.64. The third kappa shape index (κ3) is 3.75. The molecule has 0 bridgehead atoms. The molecule has 0 radical (unpaired) electrons. The Hall–Kier alpha value is -1.96. The van der Waals surface area contributed by atoms with Gasteiger partial charge in [0.15, 0.2) is 5.76 Å². The number of furan rings is 1. The predicted octanol–water partition coefficient (Wildman–Crippen LogP) is 3.57. The van der Waals surface area contributed by atoms with E-state index in [0.29, 0.717) is 24.1 Å². The molecular weight excluding hydrogens is 326 g/mol. The largest absolute Gasteiger partial charge is 0.459 e. The zero-order valence-corrected chi connectivity index (χ0v) is 14.1. The van der Waals surface area contributed by atoms with Crippen molar-refractivity contribution < 1.29 is 13.6 Å². The van der Waals surface area contributed by atoms with Crippen molar-refractivity contribution in [3.05, 3.63) is 46.7 Å². The summed E-state index contributed by atoms with van der Waals surface area (Å²) in [7, 11) is 0. The van der Waals surface area contributed by atoms with Crippen LogP contribution in [0.25, 0.3) is 11.7 Å². The van der Waals surface area contributed by atoms with E-state index in [1.807, 2.05) is 6.07 Å². The second-order valence-electron chi connectivity index (χ2n) is 5.86. The molecule has 1 saturated heterocycles. The molecule has 1 fully saturated rings. The number of aromatic nitrogens is 2. The topological polar surface area (TPSA) is 64.5 Å². The number of rotatable bonds is 7. The summed E-state index contributed by atoms with van der Waals surface area (Å²) in [5, 5.41) is 10.3. The molecule has 0 spiro atoms. The molecule has 0 aromatic carbocycles. The van der Waals surface area contributed by atoms with E-state index >= 15 is 0 Å². The lowest BCUT2D eigenvalue weighted by molar-refractivity contribution is 0.0652. The molecule has 24 heavy (non-hydrogen) atoms. The highest BCUT2D eigenvalue weighted by Crippen LogP contribution is 2.21. The lowest BCUT2D eigenvalue weighted by Crippen LogP contribution is -2.31. The van der Waals surface area contributed by atoms with E-state index in [0.717, 1.165) is 32.5 Å². The maximum Gasteiger partial charge on any atom is 0.283 e. The maximum absolute atomic E-state index is 5.78. The van der Waals surface area contributed by atoms with Crippen LogP contribution in [-0.2, 0) is 17.8 Å². The first kappa shape index (κ1) is 15.6. The molecule has 4 heterocycles. The van der Waals surface area contributed by atoms with E-state index in [1.165, 1.54) is 4.88 Å². The Morgan fingerprint density at radius 1 is 1.21 bits per heavy atom. The highest BCUT2D eigenvalue weighted by atomic mass is 32.1. The van der Waals surface area contributed by atoms with Crippen LogP contribution in [0, 0.1) is 0 Å². The minimum Gasteiger partial charge on any atom is -0.459 e. The van der Waals surface area contributed by atoms with Gasteiger partial charge in [-0.25, -0.2) is 0 Å². The fourth-order valence-electron chi connectivity index (χ4n) is 2.89. The number of hydrogen-bond acceptors (Lipinski definition) is 7.